The standard InChI is InChI=1S/C8H16O/c1-7(9)5-6-8(2,3)4/h5,9H,6H2,1-4H3/b7-5-. The number of hydrogen-bond donors (Lipinski definition) is 1. The van der Waals surface area contributed by atoms with Gasteiger partial charge in [-0.1, -0.05) is 20.8 Å². The van der Waals surface area contributed by atoms with Gasteiger partial charge >= 0.3 is 0 Å². The summed E-state index contributed by atoms with van der Waals surface area (Å²) in [7, 11) is 0. The molecule has 0 aliphatic heterocycles. The monoisotopic (exact) mass is 128 g/mol. The second-order valence-electron chi connectivity index (χ2n) is 3.61. The first-order valence-corrected chi connectivity index (χ1v) is 3.27. The van der Waals surface area contributed by atoms with Gasteiger partial charge in [0.2, 0.25) is 0 Å². The lowest BCUT2D eigenvalue weighted by atomic mass is 9.92. The highest BCUT2D eigenvalue weighted by Crippen LogP contribution is 2.19. The van der Waals surface area contributed by atoms with Gasteiger partial charge in [-0.15, -0.1) is 0 Å². The minimum absolute atomic E-state index is 0.296. The molecule has 0 aliphatic rings. The highest BCUT2D eigenvalue weighted by molar-refractivity contribution is 4.88. The molecule has 0 aromatic heterocycles. The molecular weight excluding hydrogens is 112 g/mol. The Kier molecular flexibility index (Phi) is 2.75. The van der Waals surface area contributed by atoms with Crippen LogP contribution < -0.4 is 0 Å². The first-order chi connectivity index (χ1) is 3.92. The molecule has 0 aromatic rings. The largest absolute Gasteiger partial charge is 0.513 e. The molecule has 0 aromatic carbocycles. The van der Waals surface area contributed by atoms with Crippen LogP contribution in [0.5, 0.6) is 0 Å². The van der Waals surface area contributed by atoms with Gasteiger partial charge in [0.25, 0.3) is 0 Å². The van der Waals surface area contributed by atoms with Crippen molar-refractivity contribution in [2.75, 3.05) is 0 Å². The summed E-state index contributed by atoms with van der Waals surface area (Å²) in [5.74, 6) is 0.421. The average molecular weight is 128 g/mol. The highest BCUT2D eigenvalue weighted by Gasteiger charge is 2.06. The predicted octanol–water partition coefficient (Wildman–Crippen LogP) is 2.88. The first-order valence-electron chi connectivity index (χ1n) is 3.27. The quantitative estimate of drug-likeness (QED) is 0.538. The van der Waals surface area contributed by atoms with Crippen LogP contribution in [0, 0.1) is 5.41 Å². The molecule has 0 bridgehead atoms. The predicted molar refractivity (Wildman–Crippen MR) is 40.5 cm³/mol. The van der Waals surface area contributed by atoms with E-state index in [-0.39, 0.29) is 0 Å². The third kappa shape index (κ3) is 7.54. The van der Waals surface area contributed by atoms with E-state index >= 15 is 0 Å². The van der Waals surface area contributed by atoms with Crippen LogP contribution in [0.15, 0.2) is 11.8 Å². The van der Waals surface area contributed by atoms with Gasteiger partial charge in [-0.05, 0) is 24.8 Å². The number of rotatable bonds is 1. The summed E-state index contributed by atoms with van der Waals surface area (Å²) in [4.78, 5) is 0. The lowest BCUT2D eigenvalue weighted by Crippen LogP contribution is -2.02. The molecule has 9 heavy (non-hydrogen) atoms. The minimum atomic E-state index is 0.296. The van der Waals surface area contributed by atoms with Crippen LogP contribution in [0.25, 0.3) is 0 Å². The Morgan fingerprint density at radius 3 is 2.00 bits per heavy atom. The van der Waals surface area contributed by atoms with Gasteiger partial charge in [0.05, 0.1) is 5.76 Å². The van der Waals surface area contributed by atoms with Crippen molar-refractivity contribution in [3.8, 4) is 0 Å². The fourth-order valence-corrected chi connectivity index (χ4v) is 0.454. The van der Waals surface area contributed by atoms with Gasteiger partial charge in [0.15, 0.2) is 0 Å². The molecule has 0 fully saturated rings. The van der Waals surface area contributed by atoms with Gasteiger partial charge in [-0.2, -0.15) is 0 Å². The zero-order chi connectivity index (χ0) is 7.49. The Labute approximate surface area is 57.4 Å². The fraction of sp³-hybridized carbons (Fsp3) is 0.750. The summed E-state index contributed by atoms with van der Waals surface area (Å²) in [6.45, 7) is 8.14. The van der Waals surface area contributed by atoms with Crippen LogP contribution in [0.3, 0.4) is 0 Å². The van der Waals surface area contributed by atoms with Crippen LogP contribution in [0.4, 0.5) is 0 Å². The number of hydrogen-bond acceptors (Lipinski definition) is 1. The van der Waals surface area contributed by atoms with Crippen molar-refractivity contribution in [1.29, 1.82) is 0 Å². The molecule has 0 unspecified atom stereocenters. The molecule has 0 saturated carbocycles. The Balaban J connectivity index is 3.64. The maximum atomic E-state index is 8.78. The molecule has 0 atom stereocenters. The van der Waals surface area contributed by atoms with Crippen LogP contribution in [0.1, 0.15) is 34.1 Å². The lowest BCUT2D eigenvalue weighted by molar-refractivity contribution is 0.384. The van der Waals surface area contributed by atoms with E-state index < -0.39 is 0 Å². The molecule has 0 rings (SSSR count). The Morgan fingerprint density at radius 2 is 1.89 bits per heavy atom. The summed E-state index contributed by atoms with van der Waals surface area (Å²) >= 11 is 0. The third-order valence-corrected chi connectivity index (χ3v) is 1.01. The summed E-state index contributed by atoms with van der Waals surface area (Å²) in [6.07, 6.45) is 2.79. The Morgan fingerprint density at radius 1 is 1.44 bits per heavy atom. The molecule has 0 heterocycles. The lowest BCUT2D eigenvalue weighted by Gasteiger charge is -2.14. The number of allylic oxidation sites excluding steroid dienone is 2. The summed E-state index contributed by atoms with van der Waals surface area (Å²) in [5.41, 5.74) is 0.296. The molecule has 54 valence electrons. The van der Waals surface area contributed by atoms with Crippen molar-refractivity contribution in [2.45, 2.75) is 34.1 Å². The maximum absolute atomic E-state index is 8.78. The Hall–Kier alpha value is -0.460. The van der Waals surface area contributed by atoms with Crippen molar-refractivity contribution in [1.82, 2.24) is 0 Å². The van der Waals surface area contributed by atoms with Gasteiger partial charge in [-0.25, -0.2) is 0 Å². The van der Waals surface area contributed by atoms with E-state index in [9.17, 15) is 0 Å². The Bertz CT molecular complexity index is 102. The van der Waals surface area contributed by atoms with E-state index in [1.54, 1.807) is 6.92 Å². The molecule has 0 amide bonds. The SMILES string of the molecule is C/C(O)=C/CC(C)(C)C. The molecule has 1 heteroatoms. The van der Waals surface area contributed by atoms with Crippen molar-refractivity contribution in [2.24, 2.45) is 5.41 Å². The topological polar surface area (TPSA) is 20.2 Å². The zero-order valence-electron chi connectivity index (χ0n) is 6.73. The minimum Gasteiger partial charge on any atom is -0.513 e. The normalized spacial score (nSPS) is 14.0. The average Bonchev–Trinajstić information content (AvgIpc) is 1.59. The zero-order valence-corrected chi connectivity index (χ0v) is 6.73. The van der Waals surface area contributed by atoms with E-state index in [0.717, 1.165) is 6.42 Å². The van der Waals surface area contributed by atoms with E-state index in [1.807, 2.05) is 6.08 Å². The number of aliphatic hydroxyl groups is 1. The third-order valence-electron chi connectivity index (χ3n) is 1.01. The fourth-order valence-electron chi connectivity index (χ4n) is 0.454. The summed E-state index contributed by atoms with van der Waals surface area (Å²) in [6, 6.07) is 0. The van der Waals surface area contributed by atoms with Gasteiger partial charge in [-0.3, -0.25) is 0 Å². The van der Waals surface area contributed by atoms with E-state index in [1.165, 1.54) is 0 Å². The molecule has 0 spiro atoms. The van der Waals surface area contributed by atoms with Crippen LogP contribution in [-0.4, -0.2) is 5.11 Å². The molecule has 1 nitrogen and oxygen atoms in total. The van der Waals surface area contributed by atoms with E-state index in [2.05, 4.69) is 20.8 Å². The van der Waals surface area contributed by atoms with Gasteiger partial charge in [0, 0.05) is 0 Å². The van der Waals surface area contributed by atoms with E-state index in [0.29, 0.717) is 11.2 Å². The van der Waals surface area contributed by atoms with Crippen LogP contribution >= 0.6 is 0 Å². The number of aliphatic hydroxyl groups excluding tert-OH is 1. The second-order valence-corrected chi connectivity index (χ2v) is 3.61. The van der Waals surface area contributed by atoms with Gasteiger partial charge < -0.3 is 5.11 Å². The molecular formula is C8H16O. The van der Waals surface area contributed by atoms with Gasteiger partial charge in [0.1, 0.15) is 0 Å². The van der Waals surface area contributed by atoms with Crippen molar-refractivity contribution in [3.63, 3.8) is 0 Å². The van der Waals surface area contributed by atoms with Crippen LogP contribution in [0.2, 0.25) is 0 Å². The molecule has 0 saturated heterocycles. The molecule has 0 aliphatic carbocycles. The van der Waals surface area contributed by atoms with Crippen molar-refractivity contribution in [3.05, 3.63) is 11.8 Å². The molecule has 0 radical (unpaired) electrons. The van der Waals surface area contributed by atoms with Crippen molar-refractivity contribution < 1.29 is 5.11 Å². The van der Waals surface area contributed by atoms with Crippen molar-refractivity contribution >= 4 is 0 Å². The highest BCUT2D eigenvalue weighted by atomic mass is 16.3. The first kappa shape index (κ1) is 8.54. The smallest absolute Gasteiger partial charge is 0.0852 e. The molecule has 1 N–H and O–H groups in total. The maximum Gasteiger partial charge on any atom is 0.0852 e. The summed E-state index contributed by atoms with van der Waals surface area (Å²) < 4.78 is 0. The second kappa shape index (κ2) is 2.90. The van der Waals surface area contributed by atoms with E-state index in [4.69, 9.17) is 5.11 Å². The summed E-state index contributed by atoms with van der Waals surface area (Å²) in [5, 5.41) is 8.78. The van der Waals surface area contributed by atoms with Crippen LogP contribution in [-0.2, 0) is 0 Å².